The third-order valence-electron chi connectivity index (χ3n) is 3.29. The van der Waals surface area contributed by atoms with Crippen LogP contribution in [0.5, 0.6) is 5.75 Å². The first-order chi connectivity index (χ1) is 11.2. The molecule has 3 aromatic rings. The Bertz CT molecular complexity index is 823. The number of aryl methyl sites for hydroxylation is 1. The molecule has 0 bridgehead atoms. The van der Waals surface area contributed by atoms with E-state index >= 15 is 0 Å². The predicted molar refractivity (Wildman–Crippen MR) is 94.3 cm³/mol. The smallest absolute Gasteiger partial charge is 0.251 e. The zero-order valence-electron chi connectivity index (χ0n) is 12.8. The summed E-state index contributed by atoms with van der Waals surface area (Å²) in [6.45, 7) is 2.50. The monoisotopic (exact) mass is 344 g/mol. The highest BCUT2D eigenvalue weighted by Crippen LogP contribution is 2.29. The van der Waals surface area contributed by atoms with Crippen LogP contribution in [0.4, 0.5) is 0 Å². The number of rotatable bonds is 5. The quantitative estimate of drug-likeness (QED) is 0.757. The Morgan fingerprint density at radius 1 is 1.30 bits per heavy atom. The van der Waals surface area contributed by atoms with Crippen molar-refractivity contribution in [2.45, 2.75) is 13.5 Å². The van der Waals surface area contributed by atoms with Crippen molar-refractivity contribution in [1.82, 2.24) is 10.3 Å². The van der Waals surface area contributed by atoms with E-state index in [0.29, 0.717) is 17.9 Å². The summed E-state index contributed by atoms with van der Waals surface area (Å²) in [5, 5.41) is 6.05. The van der Waals surface area contributed by atoms with Gasteiger partial charge in [0.25, 0.3) is 5.91 Å². The molecule has 0 aliphatic carbocycles. The number of nitrogens with zero attached hydrogens (tertiary/aromatic N) is 1. The summed E-state index contributed by atoms with van der Waals surface area (Å²) in [4.78, 5) is 18.9. The molecule has 0 fully saturated rings. The number of carbonyl (C=O) groups is 1. The number of amides is 1. The van der Waals surface area contributed by atoms with Crippen molar-refractivity contribution in [1.29, 1.82) is 0 Å². The number of aromatic nitrogens is 1. The molecule has 2 aromatic heterocycles. The fraction of sp³-hybridized carbons (Fsp3) is 0.176. The number of hydrogen-bond donors (Lipinski definition) is 1. The van der Waals surface area contributed by atoms with Gasteiger partial charge >= 0.3 is 0 Å². The van der Waals surface area contributed by atoms with Crippen LogP contribution in [0.15, 0.2) is 41.8 Å². The molecule has 0 aliphatic heterocycles. The van der Waals surface area contributed by atoms with E-state index in [1.807, 2.05) is 31.2 Å². The topological polar surface area (TPSA) is 51.2 Å². The molecule has 0 saturated heterocycles. The number of methoxy groups -OCH3 is 1. The molecule has 0 atom stereocenters. The van der Waals surface area contributed by atoms with Crippen molar-refractivity contribution in [3.63, 3.8) is 0 Å². The van der Waals surface area contributed by atoms with Gasteiger partial charge in [-0.1, -0.05) is 6.07 Å². The van der Waals surface area contributed by atoms with Gasteiger partial charge in [-0.3, -0.25) is 4.79 Å². The Hall–Kier alpha value is -2.18. The molecule has 118 valence electrons. The minimum absolute atomic E-state index is 0.108. The average molecular weight is 344 g/mol. The lowest BCUT2D eigenvalue weighted by molar-refractivity contribution is 0.0951. The van der Waals surface area contributed by atoms with E-state index in [1.54, 1.807) is 41.9 Å². The van der Waals surface area contributed by atoms with E-state index in [9.17, 15) is 4.79 Å². The molecule has 0 aliphatic rings. The van der Waals surface area contributed by atoms with Crippen molar-refractivity contribution < 1.29 is 9.53 Å². The van der Waals surface area contributed by atoms with Gasteiger partial charge in [0.1, 0.15) is 5.75 Å². The molecule has 3 rings (SSSR count). The van der Waals surface area contributed by atoms with Gasteiger partial charge in [-0.05, 0) is 37.3 Å². The molecule has 1 N–H and O–H groups in total. The highest BCUT2D eigenvalue weighted by Gasteiger charge is 2.09. The summed E-state index contributed by atoms with van der Waals surface area (Å²) in [5.41, 5.74) is 1.60. The molecule has 1 aromatic carbocycles. The van der Waals surface area contributed by atoms with Gasteiger partial charge in [0.05, 0.1) is 29.2 Å². The number of thiazole rings is 1. The van der Waals surface area contributed by atoms with Gasteiger partial charge in [0, 0.05) is 15.8 Å². The maximum Gasteiger partial charge on any atom is 0.251 e. The largest absolute Gasteiger partial charge is 0.497 e. The van der Waals surface area contributed by atoms with Crippen molar-refractivity contribution in [2.24, 2.45) is 0 Å². The van der Waals surface area contributed by atoms with Gasteiger partial charge < -0.3 is 10.1 Å². The van der Waals surface area contributed by atoms with Crippen LogP contribution >= 0.6 is 22.7 Å². The number of hydrogen-bond acceptors (Lipinski definition) is 5. The van der Waals surface area contributed by atoms with E-state index in [2.05, 4.69) is 15.7 Å². The second-order valence-electron chi connectivity index (χ2n) is 4.93. The van der Waals surface area contributed by atoms with Gasteiger partial charge in [0.15, 0.2) is 0 Å². The summed E-state index contributed by atoms with van der Waals surface area (Å²) in [6, 6.07) is 11.2. The molecule has 0 saturated carbocycles. The minimum Gasteiger partial charge on any atom is -0.497 e. The zero-order valence-corrected chi connectivity index (χ0v) is 14.5. The van der Waals surface area contributed by atoms with Crippen molar-refractivity contribution in [3.05, 3.63) is 57.2 Å². The average Bonchev–Trinajstić information content (AvgIpc) is 3.21. The Labute approximate surface area is 142 Å². The van der Waals surface area contributed by atoms with Crippen molar-refractivity contribution in [3.8, 4) is 16.3 Å². The predicted octanol–water partition coefficient (Wildman–Crippen LogP) is 4.12. The van der Waals surface area contributed by atoms with E-state index in [1.165, 1.54) is 0 Å². The molecule has 0 radical (unpaired) electrons. The van der Waals surface area contributed by atoms with E-state index in [4.69, 9.17) is 4.74 Å². The standard InChI is InChI=1S/C17H16N2O2S2/c1-11-19-15(10-22-11)16-7-6-14(23-16)9-18-17(20)12-4-3-5-13(8-12)21-2/h3-8,10H,9H2,1-2H3,(H,18,20). The molecule has 1 amide bonds. The van der Waals surface area contributed by atoms with Gasteiger partial charge in [-0.2, -0.15) is 0 Å². The Morgan fingerprint density at radius 3 is 2.91 bits per heavy atom. The second-order valence-corrected chi connectivity index (χ2v) is 7.16. The number of benzene rings is 1. The Balaban J connectivity index is 1.64. The van der Waals surface area contributed by atoms with Crippen LogP contribution in [0.25, 0.3) is 10.6 Å². The third kappa shape index (κ3) is 3.78. The summed E-state index contributed by atoms with van der Waals surface area (Å²) in [5.74, 6) is 0.568. The normalized spacial score (nSPS) is 10.5. The Morgan fingerprint density at radius 2 is 2.17 bits per heavy atom. The molecular weight excluding hydrogens is 328 g/mol. The second kappa shape index (κ2) is 6.93. The van der Waals surface area contributed by atoms with Gasteiger partial charge in [-0.15, -0.1) is 22.7 Å². The highest BCUT2D eigenvalue weighted by molar-refractivity contribution is 7.16. The molecule has 0 spiro atoms. The molecule has 23 heavy (non-hydrogen) atoms. The lowest BCUT2D eigenvalue weighted by Crippen LogP contribution is -2.22. The van der Waals surface area contributed by atoms with Crippen LogP contribution in [-0.2, 0) is 6.54 Å². The number of nitrogens with one attached hydrogen (secondary N) is 1. The van der Waals surface area contributed by atoms with Crippen LogP contribution in [0, 0.1) is 6.92 Å². The van der Waals surface area contributed by atoms with Gasteiger partial charge in [-0.25, -0.2) is 4.98 Å². The summed E-state index contributed by atoms with van der Waals surface area (Å²) < 4.78 is 5.14. The first-order valence-corrected chi connectivity index (χ1v) is 8.79. The Kier molecular flexibility index (Phi) is 4.73. The highest BCUT2D eigenvalue weighted by atomic mass is 32.1. The lowest BCUT2D eigenvalue weighted by Gasteiger charge is -2.05. The number of carbonyl (C=O) groups excluding carboxylic acids is 1. The maximum atomic E-state index is 12.2. The van der Waals surface area contributed by atoms with Crippen LogP contribution < -0.4 is 10.1 Å². The molecule has 2 heterocycles. The lowest BCUT2D eigenvalue weighted by atomic mass is 10.2. The SMILES string of the molecule is COc1cccc(C(=O)NCc2ccc(-c3csc(C)n3)s2)c1. The summed E-state index contributed by atoms with van der Waals surface area (Å²) in [7, 11) is 1.59. The van der Waals surface area contributed by atoms with Crippen molar-refractivity contribution >= 4 is 28.6 Å². The zero-order chi connectivity index (χ0) is 16.2. The molecule has 0 unspecified atom stereocenters. The fourth-order valence-corrected chi connectivity index (χ4v) is 3.72. The first-order valence-electron chi connectivity index (χ1n) is 7.09. The molecule has 6 heteroatoms. The summed E-state index contributed by atoms with van der Waals surface area (Å²) in [6.07, 6.45) is 0. The van der Waals surface area contributed by atoms with Crippen LogP contribution in [-0.4, -0.2) is 18.0 Å². The maximum absolute atomic E-state index is 12.2. The van der Waals surface area contributed by atoms with E-state index in [-0.39, 0.29) is 5.91 Å². The van der Waals surface area contributed by atoms with Crippen LogP contribution in [0.2, 0.25) is 0 Å². The number of thiophene rings is 1. The van der Waals surface area contributed by atoms with E-state index < -0.39 is 0 Å². The fourth-order valence-electron chi connectivity index (χ4n) is 2.12. The van der Waals surface area contributed by atoms with Crippen LogP contribution in [0.1, 0.15) is 20.2 Å². The van der Waals surface area contributed by atoms with Crippen LogP contribution in [0.3, 0.4) is 0 Å². The minimum atomic E-state index is -0.108. The molecule has 4 nitrogen and oxygen atoms in total. The first kappa shape index (κ1) is 15.7. The summed E-state index contributed by atoms with van der Waals surface area (Å²) >= 11 is 3.29. The molecular formula is C17H16N2O2S2. The van der Waals surface area contributed by atoms with Crippen molar-refractivity contribution in [2.75, 3.05) is 7.11 Å². The third-order valence-corrected chi connectivity index (χ3v) is 5.17. The van der Waals surface area contributed by atoms with E-state index in [0.717, 1.165) is 20.5 Å². The van der Waals surface area contributed by atoms with Gasteiger partial charge in [0.2, 0.25) is 0 Å². The number of ether oxygens (including phenoxy) is 1.